The number of rotatable bonds is 18. The van der Waals surface area contributed by atoms with Gasteiger partial charge in [0.2, 0.25) is 0 Å². The van der Waals surface area contributed by atoms with Gasteiger partial charge in [-0.25, -0.2) is 9.59 Å². The Morgan fingerprint density at radius 2 is 1.16 bits per heavy atom. The van der Waals surface area contributed by atoms with Gasteiger partial charge in [-0.2, -0.15) is 0 Å². The van der Waals surface area contributed by atoms with E-state index in [-0.39, 0.29) is 25.3 Å². The summed E-state index contributed by atoms with van der Waals surface area (Å²) in [5, 5.41) is 0. The van der Waals surface area contributed by atoms with E-state index in [9.17, 15) is 9.59 Å². The Bertz CT molecular complexity index is 2320. The van der Waals surface area contributed by atoms with Gasteiger partial charge >= 0.3 is 11.9 Å². The van der Waals surface area contributed by atoms with Crippen molar-refractivity contribution in [3.63, 3.8) is 0 Å². The highest BCUT2D eigenvalue weighted by molar-refractivity contribution is 5.91. The lowest BCUT2D eigenvalue weighted by atomic mass is 9.83. The van der Waals surface area contributed by atoms with Gasteiger partial charge in [0.15, 0.2) is 23.0 Å². The SMILES string of the molecule is COc1ccc(C2c3cc(C)c(C)cc3CC[N+]2(C)CCCOC(=O)/C=C\C(=O)OCCC[N+]2(C)CCc3cc(OC)c(OC)cc3C2Cc2cc(C)c(OC)c(OC)c2)cc1C. The van der Waals surface area contributed by atoms with Crippen LogP contribution >= 0.6 is 0 Å². The summed E-state index contributed by atoms with van der Waals surface area (Å²) >= 11 is 0. The molecule has 0 saturated carbocycles. The summed E-state index contributed by atoms with van der Waals surface area (Å²) in [6, 6.07) is 19.9. The number of methoxy groups -OCH3 is 5. The number of carbonyl (C=O) groups excluding carboxylic acids is 2. The van der Waals surface area contributed by atoms with Crippen LogP contribution in [-0.4, -0.2) is 110 Å². The highest BCUT2D eigenvalue weighted by Gasteiger charge is 2.42. The molecule has 0 aliphatic carbocycles. The Morgan fingerprint density at radius 3 is 1.76 bits per heavy atom. The van der Waals surface area contributed by atoms with Crippen molar-refractivity contribution in [2.45, 2.75) is 71.9 Å². The third-order valence-electron chi connectivity index (χ3n) is 13.6. The molecular formula is C52H68N2O9+2. The third kappa shape index (κ3) is 10.5. The summed E-state index contributed by atoms with van der Waals surface area (Å²) in [5.41, 5.74) is 12.3. The zero-order valence-corrected chi connectivity index (χ0v) is 39.4. The first-order valence-electron chi connectivity index (χ1n) is 22.1. The zero-order valence-electron chi connectivity index (χ0n) is 39.4. The van der Waals surface area contributed by atoms with Gasteiger partial charge in [0, 0.05) is 60.9 Å². The Hall–Kier alpha value is -5.52. The van der Waals surface area contributed by atoms with Crippen molar-refractivity contribution in [1.82, 2.24) is 0 Å². The largest absolute Gasteiger partial charge is 0.496 e. The van der Waals surface area contributed by atoms with E-state index >= 15 is 0 Å². The van der Waals surface area contributed by atoms with Crippen LogP contribution in [0.5, 0.6) is 28.7 Å². The standard InChI is InChI=1S/C52H68N2O9/c1-34-27-39-19-23-54(6,51(43(39)29-35(34)2)41-14-15-45(57-7)36(3)28-41)21-13-25-63-50(56)17-16-49(55)62-24-12-20-53(5)22-18-40-32-46(58-8)47(59-9)33-42(40)44(53)30-38-26-37(4)52(61-11)48(31-38)60-10/h14-17,26-29,31-33,44,51H,12-13,18-25,30H2,1-11H3/q+2/b17-16-. The summed E-state index contributed by atoms with van der Waals surface area (Å²) in [4.78, 5) is 25.6. The summed E-state index contributed by atoms with van der Waals surface area (Å²) in [5.74, 6) is 2.59. The number of quaternary nitrogens is 2. The van der Waals surface area contributed by atoms with Crippen LogP contribution in [0.25, 0.3) is 0 Å². The molecular weight excluding hydrogens is 797 g/mol. The second-order valence-electron chi connectivity index (χ2n) is 17.8. The van der Waals surface area contributed by atoms with Gasteiger partial charge in [-0.1, -0.05) is 12.1 Å². The minimum atomic E-state index is -0.569. The van der Waals surface area contributed by atoms with Gasteiger partial charge in [-0.15, -0.1) is 0 Å². The first kappa shape index (κ1) is 47.0. The Balaban J connectivity index is 1.04. The summed E-state index contributed by atoms with van der Waals surface area (Å²) in [6.45, 7) is 12.4. The van der Waals surface area contributed by atoms with Crippen molar-refractivity contribution in [3.8, 4) is 28.7 Å². The van der Waals surface area contributed by atoms with Gasteiger partial charge in [-0.05, 0) is 109 Å². The molecule has 11 nitrogen and oxygen atoms in total. The van der Waals surface area contributed by atoms with Crippen molar-refractivity contribution in [2.24, 2.45) is 0 Å². The van der Waals surface area contributed by atoms with Crippen LogP contribution in [0.2, 0.25) is 0 Å². The fraction of sp³-hybridized carbons (Fsp3) is 0.462. The first-order chi connectivity index (χ1) is 30.2. The average Bonchev–Trinajstić information content (AvgIpc) is 3.27. The van der Waals surface area contributed by atoms with Gasteiger partial charge < -0.3 is 42.1 Å². The predicted molar refractivity (Wildman–Crippen MR) is 245 cm³/mol. The molecule has 0 radical (unpaired) electrons. The predicted octanol–water partition coefficient (Wildman–Crippen LogP) is 8.46. The highest BCUT2D eigenvalue weighted by Crippen LogP contribution is 2.45. The van der Waals surface area contributed by atoms with Crippen molar-refractivity contribution >= 4 is 11.9 Å². The molecule has 6 rings (SSSR count). The second-order valence-corrected chi connectivity index (χ2v) is 17.8. The fourth-order valence-electron chi connectivity index (χ4n) is 9.99. The normalized spacial score (nSPS) is 20.4. The maximum Gasteiger partial charge on any atom is 0.331 e. The molecule has 0 fully saturated rings. The topological polar surface area (TPSA) is 98.8 Å². The van der Waals surface area contributed by atoms with Crippen LogP contribution in [0, 0.1) is 27.7 Å². The Labute approximate surface area is 374 Å². The van der Waals surface area contributed by atoms with E-state index in [1.807, 2.05) is 6.92 Å². The molecule has 0 aromatic heterocycles. The van der Waals surface area contributed by atoms with E-state index in [4.69, 9.17) is 33.2 Å². The van der Waals surface area contributed by atoms with Crippen molar-refractivity contribution in [1.29, 1.82) is 0 Å². The molecule has 4 aromatic carbocycles. The van der Waals surface area contributed by atoms with E-state index in [1.165, 1.54) is 51.1 Å². The number of benzene rings is 4. The van der Waals surface area contributed by atoms with Crippen molar-refractivity contribution in [3.05, 3.63) is 122 Å². The second kappa shape index (κ2) is 20.3. The van der Waals surface area contributed by atoms with E-state index in [2.05, 4.69) is 89.5 Å². The molecule has 4 atom stereocenters. The van der Waals surface area contributed by atoms with Crippen LogP contribution in [0.3, 0.4) is 0 Å². The third-order valence-corrected chi connectivity index (χ3v) is 13.6. The molecule has 2 aliphatic rings. The maximum atomic E-state index is 12.8. The van der Waals surface area contributed by atoms with Crippen molar-refractivity contribution < 1.29 is 51.7 Å². The molecule has 4 aromatic rings. The molecule has 2 heterocycles. The number of hydrogen-bond acceptors (Lipinski definition) is 9. The highest BCUT2D eigenvalue weighted by atomic mass is 16.5. The van der Waals surface area contributed by atoms with E-state index in [0.29, 0.717) is 24.3 Å². The van der Waals surface area contributed by atoms with Gasteiger partial charge in [0.25, 0.3) is 0 Å². The van der Waals surface area contributed by atoms with E-state index < -0.39 is 11.9 Å². The first-order valence-corrected chi connectivity index (χ1v) is 22.1. The van der Waals surface area contributed by atoms with Crippen LogP contribution in [0.1, 0.15) is 80.6 Å². The van der Waals surface area contributed by atoms with Gasteiger partial charge in [0.05, 0.1) is 89.0 Å². The van der Waals surface area contributed by atoms with Crippen LogP contribution in [0.15, 0.2) is 66.7 Å². The number of ether oxygens (including phenoxy) is 7. The van der Waals surface area contributed by atoms with Crippen molar-refractivity contribution in [2.75, 3.05) is 89.0 Å². The quantitative estimate of drug-likeness (QED) is 0.0423. The zero-order chi connectivity index (χ0) is 45.5. The molecule has 0 saturated heterocycles. The summed E-state index contributed by atoms with van der Waals surface area (Å²) in [6.07, 6.45) is 6.26. The number of esters is 2. The number of aryl methyl sites for hydroxylation is 4. The smallest absolute Gasteiger partial charge is 0.331 e. The van der Waals surface area contributed by atoms with Gasteiger partial charge in [0.1, 0.15) is 17.8 Å². The summed E-state index contributed by atoms with van der Waals surface area (Å²) in [7, 11) is 12.9. The van der Waals surface area contributed by atoms with Crippen LogP contribution < -0.4 is 23.7 Å². The number of hydrogen-bond donors (Lipinski definition) is 0. The molecule has 0 bridgehead atoms. The molecule has 0 N–H and O–H groups in total. The molecule has 2 aliphatic heterocycles. The fourth-order valence-corrected chi connectivity index (χ4v) is 9.99. The maximum absolute atomic E-state index is 12.8. The lowest BCUT2D eigenvalue weighted by Gasteiger charge is -2.46. The molecule has 0 amide bonds. The lowest BCUT2D eigenvalue weighted by Crippen LogP contribution is -2.52. The molecule has 11 heteroatoms. The van der Waals surface area contributed by atoms with Crippen LogP contribution in [0.4, 0.5) is 0 Å². The monoisotopic (exact) mass is 864 g/mol. The number of carbonyl (C=O) groups is 2. The Morgan fingerprint density at radius 1 is 0.587 bits per heavy atom. The number of fused-ring (bicyclic) bond motifs is 2. The number of nitrogens with zero attached hydrogens (tertiary/aromatic N) is 2. The number of likely N-dealkylation sites (N-methyl/N-ethyl adjacent to an activating group) is 2. The Kier molecular flexibility index (Phi) is 15.2. The average molecular weight is 865 g/mol. The minimum Gasteiger partial charge on any atom is -0.496 e. The minimum absolute atomic E-state index is 0.0812. The molecule has 4 unspecified atom stereocenters. The van der Waals surface area contributed by atoms with Crippen LogP contribution in [-0.2, 0) is 38.3 Å². The molecule has 63 heavy (non-hydrogen) atoms. The summed E-state index contributed by atoms with van der Waals surface area (Å²) < 4.78 is 41.1. The van der Waals surface area contributed by atoms with E-state index in [1.54, 1.807) is 35.5 Å². The van der Waals surface area contributed by atoms with E-state index in [0.717, 1.165) is 88.3 Å². The molecule has 0 spiro atoms. The molecule has 338 valence electrons. The van der Waals surface area contributed by atoms with Gasteiger partial charge in [-0.3, -0.25) is 0 Å². The lowest BCUT2D eigenvalue weighted by molar-refractivity contribution is -0.941.